The minimum atomic E-state index is -4.24. The minimum absolute atomic E-state index is 0.0593. The molecule has 8 heteroatoms. The second-order valence-corrected chi connectivity index (χ2v) is 6.21. The summed E-state index contributed by atoms with van der Waals surface area (Å²) in [5.41, 5.74) is -0.169. The largest absolute Gasteiger partial charge is 0.276 e. The summed E-state index contributed by atoms with van der Waals surface area (Å²) < 4.78 is 35.0. The topological polar surface area (TPSA) is 51.2 Å². The Balaban J connectivity index is 3.58. The standard InChI is InChI=1S/C7H2BrCl2FO3S/c8-4-2-5(11)6(15(10,13)14)1-3(4)7(9)12/h1-2H. The zero-order valence-corrected chi connectivity index (χ0v) is 10.7. The van der Waals surface area contributed by atoms with Gasteiger partial charge in [0.1, 0.15) is 10.7 Å². The monoisotopic (exact) mass is 334 g/mol. The van der Waals surface area contributed by atoms with E-state index in [1.807, 2.05) is 0 Å². The van der Waals surface area contributed by atoms with Crippen LogP contribution in [-0.2, 0) is 9.05 Å². The summed E-state index contributed by atoms with van der Waals surface area (Å²) in [5, 5.41) is -0.913. The molecule has 0 spiro atoms. The van der Waals surface area contributed by atoms with Crippen LogP contribution in [0.4, 0.5) is 4.39 Å². The highest BCUT2D eigenvalue weighted by Crippen LogP contribution is 2.27. The van der Waals surface area contributed by atoms with E-state index in [1.165, 1.54) is 0 Å². The summed E-state index contributed by atoms with van der Waals surface area (Å²) >= 11 is 8.02. The molecule has 0 amide bonds. The van der Waals surface area contributed by atoms with Gasteiger partial charge in [-0.25, -0.2) is 12.8 Å². The Morgan fingerprint density at radius 3 is 2.33 bits per heavy atom. The van der Waals surface area contributed by atoms with Crippen LogP contribution in [0.3, 0.4) is 0 Å². The molecular weight excluding hydrogens is 334 g/mol. The lowest BCUT2D eigenvalue weighted by Gasteiger charge is -2.03. The smallest absolute Gasteiger partial charge is 0.264 e. The van der Waals surface area contributed by atoms with Crippen molar-refractivity contribution in [1.29, 1.82) is 0 Å². The van der Waals surface area contributed by atoms with Gasteiger partial charge < -0.3 is 0 Å². The molecule has 0 aliphatic rings. The van der Waals surface area contributed by atoms with E-state index in [-0.39, 0.29) is 10.0 Å². The van der Waals surface area contributed by atoms with Crippen molar-refractivity contribution in [1.82, 2.24) is 0 Å². The fourth-order valence-corrected chi connectivity index (χ4v) is 2.54. The zero-order chi connectivity index (χ0) is 11.8. The van der Waals surface area contributed by atoms with Crippen LogP contribution >= 0.6 is 38.2 Å². The molecule has 0 atom stereocenters. The fourth-order valence-electron chi connectivity index (χ4n) is 0.867. The second kappa shape index (κ2) is 4.37. The second-order valence-electron chi connectivity index (χ2n) is 2.47. The molecular formula is C7H2BrCl2FO3S. The Hall–Kier alpha value is -0.170. The highest BCUT2D eigenvalue weighted by atomic mass is 79.9. The van der Waals surface area contributed by atoms with Crippen LogP contribution < -0.4 is 0 Å². The van der Waals surface area contributed by atoms with Crippen LogP contribution in [0.15, 0.2) is 21.5 Å². The van der Waals surface area contributed by atoms with Gasteiger partial charge in [-0.05, 0) is 39.7 Å². The molecule has 15 heavy (non-hydrogen) atoms. The van der Waals surface area contributed by atoms with Crippen LogP contribution in [0.5, 0.6) is 0 Å². The van der Waals surface area contributed by atoms with Gasteiger partial charge in [0.05, 0.1) is 0 Å². The van der Waals surface area contributed by atoms with Gasteiger partial charge in [-0.1, -0.05) is 0 Å². The summed E-state index contributed by atoms with van der Waals surface area (Å²) in [6.45, 7) is 0. The average molecular weight is 336 g/mol. The van der Waals surface area contributed by atoms with E-state index >= 15 is 0 Å². The first kappa shape index (κ1) is 12.9. The molecule has 0 bridgehead atoms. The lowest BCUT2D eigenvalue weighted by Crippen LogP contribution is -2.00. The van der Waals surface area contributed by atoms with E-state index in [0.29, 0.717) is 0 Å². The van der Waals surface area contributed by atoms with E-state index < -0.39 is 25.0 Å². The van der Waals surface area contributed by atoms with Crippen LogP contribution in [0, 0.1) is 5.82 Å². The molecule has 0 heterocycles. The molecule has 0 saturated carbocycles. The Morgan fingerprint density at radius 1 is 1.40 bits per heavy atom. The predicted molar refractivity (Wildman–Crippen MR) is 57.3 cm³/mol. The first-order valence-electron chi connectivity index (χ1n) is 3.37. The number of carbonyl (C=O) groups excluding carboxylic acids is 1. The Morgan fingerprint density at radius 2 is 1.93 bits per heavy atom. The van der Waals surface area contributed by atoms with Gasteiger partial charge in [0.2, 0.25) is 0 Å². The quantitative estimate of drug-likeness (QED) is 0.781. The number of carbonyl (C=O) groups is 1. The molecule has 0 aliphatic carbocycles. The van der Waals surface area contributed by atoms with E-state index in [1.54, 1.807) is 0 Å². The molecule has 0 unspecified atom stereocenters. The summed E-state index contributed by atoms with van der Waals surface area (Å²) in [5.74, 6) is -1.06. The SMILES string of the molecule is O=C(Cl)c1cc(S(=O)(=O)Cl)c(F)cc1Br. The highest BCUT2D eigenvalue weighted by Gasteiger charge is 2.20. The highest BCUT2D eigenvalue weighted by molar-refractivity contribution is 9.10. The first-order valence-corrected chi connectivity index (χ1v) is 6.85. The molecule has 1 rings (SSSR count). The molecule has 0 saturated heterocycles. The summed E-state index contributed by atoms with van der Waals surface area (Å²) in [6, 6.07) is 1.59. The third-order valence-electron chi connectivity index (χ3n) is 1.50. The third kappa shape index (κ3) is 2.90. The van der Waals surface area contributed by atoms with Crippen molar-refractivity contribution in [2.75, 3.05) is 0 Å². The molecule has 0 aliphatic heterocycles. The molecule has 82 valence electrons. The maximum Gasteiger partial charge on any atom is 0.264 e. The fraction of sp³-hybridized carbons (Fsp3) is 0. The van der Waals surface area contributed by atoms with Crippen LogP contribution in [0.2, 0.25) is 0 Å². The van der Waals surface area contributed by atoms with Crippen molar-refractivity contribution in [2.45, 2.75) is 4.90 Å². The average Bonchev–Trinajstić information content (AvgIpc) is 2.00. The minimum Gasteiger partial charge on any atom is -0.276 e. The van der Waals surface area contributed by atoms with Crippen molar-refractivity contribution in [3.63, 3.8) is 0 Å². The summed E-state index contributed by atoms with van der Waals surface area (Å²) in [7, 11) is 0.715. The Bertz CT molecular complexity index is 529. The van der Waals surface area contributed by atoms with Crippen molar-refractivity contribution >= 4 is 52.5 Å². The maximum atomic E-state index is 13.1. The maximum absolute atomic E-state index is 13.1. The lowest BCUT2D eigenvalue weighted by molar-refractivity contribution is 0.108. The van der Waals surface area contributed by atoms with Crippen molar-refractivity contribution < 1.29 is 17.6 Å². The molecule has 0 fully saturated rings. The molecule has 0 N–H and O–H groups in total. The number of halogens is 4. The summed E-state index contributed by atoms with van der Waals surface area (Å²) in [6.07, 6.45) is 0. The van der Waals surface area contributed by atoms with Crippen molar-refractivity contribution in [3.8, 4) is 0 Å². The van der Waals surface area contributed by atoms with Gasteiger partial charge >= 0.3 is 0 Å². The van der Waals surface area contributed by atoms with Gasteiger partial charge in [-0.3, -0.25) is 4.79 Å². The molecule has 1 aromatic carbocycles. The normalized spacial score (nSPS) is 11.5. The molecule has 3 nitrogen and oxygen atoms in total. The van der Waals surface area contributed by atoms with Crippen LogP contribution in [0.1, 0.15) is 10.4 Å². The van der Waals surface area contributed by atoms with Crippen molar-refractivity contribution in [3.05, 3.63) is 28.0 Å². The number of hydrogen-bond donors (Lipinski definition) is 0. The summed E-state index contributed by atoms with van der Waals surface area (Å²) in [4.78, 5) is 10.1. The van der Waals surface area contributed by atoms with Crippen LogP contribution in [-0.4, -0.2) is 13.7 Å². The van der Waals surface area contributed by atoms with Gasteiger partial charge in [-0.15, -0.1) is 0 Å². The van der Waals surface area contributed by atoms with Gasteiger partial charge in [-0.2, -0.15) is 0 Å². The van der Waals surface area contributed by atoms with E-state index in [2.05, 4.69) is 15.9 Å². The first-order chi connectivity index (χ1) is 6.73. The predicted octanol–water partition coefficient (Wildman–Crippen LogP) is 2.89. The number of rotatable bonds is 2. The Kier molecular flexibility index (Phi) is 3.76. The zero-order valence-electron chi connectivity index (χ0n) is 6.80. The Labute approximate surface area is 103 Å². The molecule has 0 aromatic heterocycles. The van der Waals surface area contributed by atoms with E-state index in [0.717, 1.165) is 12.1 Å². The van der Waals surface area contributed by atoms with Gasteiger partial charge in [0, 0.05) is 20.7 Å². The number of hydrogen-bond acceptors (Lipinski definition) is 3. The lowest BCUT2D eigenvalue weighted by atomic mass is 10.2. The van der Waals surface area contributed by atoms with Gasteiger partial charge in [0.25, 0.3) is 14.3 Å². The van der Waals surface area contributed by atoms with Crippen LogP contribution in [0.25, 0.3) is 0 Å². The van der Waals surface area contributed by atoms with Crippen molar-refractivity contribution in [2.24, 2.45) is 0 Å². The molecule has 0 radical (unpaired) electrons. The molecule has 1 aromatic rings. The van der Waals surface area contributed by atoms with E-state index in [9.17, 15) is 17.6 Å². The third-order valence-corrected chi connectivity index (χ3v) is 3.69. The van der Waals surface area contributed by atoms with Gasteiger partial charge in [0.15, 0.2) is 0 Å². The number of benzene rings is 1. The van der Waals surface area contributed by atoms with E-state index in [4.69, 9.17) is 22.3 Å².